The average Bonchev–Trinajstić information content (AvgIpc) is 2.94. The highest BCUT2D eigenvalue weighted by molar-refractivity contribution is 5.79. The average molecular weight is 334 g/mol. The Bertz CT molecular complexity index is 678. The van der Waals surface area contributed by atoms with Crippen molar-refractivity contribution in [2.75, 3.05) is 13.1 Å². The van der Waals surface area contributed by atoms with Crippen LogP contribution >= 0.6 is 0 Å². The first-order chi connectivity index (χ1) is 11.3. The molecule has 1 aromatic carbocycles. The maximum absolute atomic E-state index is 14.0. The molecule has 0 spiro atoms. The lowest BCUT2D eigenvalue weighted by Crippen LogP contribution is -2.44. The summed E-state index contributed by atoms with van der Waals surface area (Å²) in [4.78, 5) is 25.5. The molecular weight excluding hydrogens is 311 g/mol. The van der Waals surface area contributed by atoms with Crippen molar-refractivity contribution in [2.45, 2.75) is 39.2 Å². The van der Waals surface area contributed by atoms with Gasteiger partial charge >= 0.3 is 12.0 Å². The zero-order valence-electron chi connectivity index (χ0n) is 14.0. The number of hydrogen-bond donors (Lipinski definition) is 2. The lowest BCUT2D eigenvalue weighted by Gasteiger charge is -2.33. The van der Waals surface area contributed by atoms with Gasteiger partial charge in [-0.3, -0.25) is 4.79 Å². The Morgan fingerprint density at radius 1 is 1.42 bits per heavy atom. The van der Waals surface area contributed by atoms with Crippen LogP contribution in [0, 0.1) is 17.2 Å². The number of carboxylic acids is 1. The Labute approximate surface area is 140 Å². The van der Waals surface area contributed by atoms with Gasteiger partial charge in [-0.25, -0.2) is 9.18 Å². The van der Waals surface area contributed by atoms with Crippen LogP contribution in [0.3, 0.4) is 0 Å². The highest BCUT2D eigenvalue weighted by Crippen LogP contribution is 2.36. The summed E-state index contributed by atoms with van der Waals surface area (Å²) < 4.78 is 14.0. The van der Waals surface area contributed by atoms with Crippen LogP contribution in [-0.2, 0) is 11.2 Å². The van der Waals surface area contributed by atoms with Gasteiger partial charge in [-0.1, -0.05) is 19.1 Å². The minimum Gasteiger partial charge on any atom is -0.481 e. The Morgan fingerprint density at radius 2 is 2.17 bits per heavy atom. The predicted molar refractivity (Wildman–Crippen MR) is 87.1 cm³/mol. The van der Waals surface area contributed by atoms with Crippen molar-refractivity contribution in [3.05, 3.63) is 35.1 Å². The molecule has 0 radical (unpaired) electrons. The minimum absolute atomic E-state index is 0.200. The van der Waals surface area contributed by atoms with Gasteiger partial charge in [0.2, 0.25) is 0 Å². The molecule has 0 aromatic heterocycles. The molecule has 6 heteroatoms. The zero-order valence-corrected chi connectivity index (χ0v) is 14.0. The summed E-state index contributed by atoms with van der Waals surface area (Å²) in [5, 5.41) is 12.3. The molecule has 1 fully saturated rings. The largest absolute Gasteiger partial charge is 0.481 e. The van der Waals surface area contributed by atoms with Crippen molar-refractivity contribution in [1.82, 2.24) is 10.2 Å². The molecule has 3 unspecified atom stereocenters. The summed E-state index contributed by atoms with van der Waals surface area (Å²) >= 11 is 0. The van der Waals surface area contributed by atoms with E-state index in [9.17, 15) is 19.1 Å². The topological polar surface area (TPSA) is 69.6 Å². The molecule has 1 aliphatic heterocycles. The zero-order chi connectivity index (χ0) is 17.5. The quantitative estimate of drug-likeness (QED) is 0.873. The van der Waals surface area contributed by atoms with Crippen molar-refractivity contribution < 1.29 is 19.1 Å². The third kappa shape index (κ3) is 2.85. The first kappa shape index (κ1) is 16.7. The Kier molecular flexibility index (Phi) is 4.24. The number of carbonyl (C=O) groups excluding carboxylic acids is 1. The summed E-state index contributed by atoms with van der Waals surface area (Å²) in [5.41, 5.74) is 0.625. The SMILES string of the molecule is CC1CCc2c(F)cccc2C1NC(=O)N1CCC(C)(C(=O)O)C1. The number of aliphatic carboxylic acids is 1. The number of amides is 2. The lowest BCUT2D eigenvalue weighted by molar-refractivity contribution is -0.147. The van der Waals surface area contributed by atoms with Crippen LogP contribution in [0.25, 0.3) is 0 Å². The number of urea groups is 1. The third-order valence-electron chi connectivity index (χ3n) is 5.46. The standard InChI is InChI=1S/C18H23FN2O3/c1-11-6-7-12-13(4-3-5-14(12)19)15(11)20-17(24)21-9-8-18(2,10-21)16(22)23/h3-5,11,15H,6-10H2,1-2H3,(H,20,24)(H,22,23). The fourth-order valence-electron chi connectivity index (χ4n) is 3.73. The van der Waals surface area contributed by atoms with Gasteiger partial charge in [0.05, 0.1) is 11.5 Å². The smallest absolute Gasteiger partial charge is 0.317 e. The van der Waals surface area contributed by atoms with Gasteiger partial charge in [-0.2, -0.15) is 0 Å². The Hall–Kier alpha value is -2.11. The van der Waals surface area contributed by atoms with Gasteiger partial charge < -0.3 is 15.3 Å². The highest BCUT2D eigenvalue weighted by Gasteiger charge is 2.43. The van der Waals surface area contributed by atoms with Gasteiger partial charge in [0.15, 0.2) is 0 Å². The lowest BCUT2D eigenvalue weighted by atomic mass is 9.80. The first-order valence-corrected chi connectivity index (χ1v) is 8.38. The number of rotatable bonds is 2. The normalized spacial score (nSPS) is 29.2. The van der Waals surface area contributed by atoms with E-state index >= 15 is 0 Å². The summed E-state index contributed by atoms with van der Waals surface area (Å²) in [6, 6.07) is 4.47. The van der Waals surface area contributed by atoms with E-state index < -0.39 is 11.4 Å². The van der Waals surface area contributed by atoms with E-state index in [0.29, 0.717) is 24.9 Å². The second-order valence-corrected chi connectivity index (χ2v) is 7.29. The number of carbonyl (C=O) groups is 2. The minimum atomic E-state index is -0.889. The van der Waals surface area contributed by atoms with E-state index in [4.69, 9.17) is 0 Å². The summed E-state index contributed by atoms with van der Waals surface area (Å²) in [6.45, 7) is 4.33. The van der Waals surface area contributed by atoms with E-state index in [2.05, 4.69) is 5.32 Å². The first-order valence-electron chi connectivity index (χ1n) is 8.38. The molecule has 3 atom stereocenters. The third-order valence-corrected chi connectivity index (χ3v) is 5.46. The van der Waals surface area contributed by atoms with Crippen LogP contribution in [0.15, 0.2) is 18.2 Å². The molecule has 1 aliphatic carbocycles. The Morgan fingerprint density at radius 3 is 2.83 bits per heavy atom. The van der Waals surface area contributed by atoms with Crippen LogP contribution in [0.1, 0.15) is 43.9 Å². The summed E-state index contributed by atoms with van der Waals surface area (Å²) in [7, 11) is 0. The number of nitrogens with one attached hydrogen (secondary N) is 1. The van der Waals surface area contributed by atoms with Gasteiger partial charge in [0.25, 0.3) is 0 Å². The predicted octanol–water partition coefficient (Wildman–Crippen LogP) is 2.96. The fraction of sp³-hybridized carbons (Fsp3) is 0.556. The van der Waals surface area contributed by atoms with Crippen LogP contribution in [-0.4, -0.2) is 35.1 Å². The molecule has 2 amide bonds. The van der Waals surface area contributed by atoms with Gasteiger partial charge in [-0.05, 0) is 49.3 Å². The van der Waals surface area contributed by atoms with Crippen molar-refractivity contribution in [3.63, 3.8) is 0 Å². The van der Waals surface area contributed by atoms with E-state index in [1.54, 1.807) is 17.9 Å². The number of nitrogens with zero attached hydrogens (tertiary/aromatic N) is 1. The maximum Gasteiger partial charge on any atom is 0.317 e. The number of carboxylic acid groups (broad SMARTS) is 1. The molecule has 3 rings (SSSR count). The van der Waals surface area contributed by atoms with Crippen molar-refractivity contribution >= 4 is 12.0 Å². The van der Waals surface area contributed by atoms with E-state index in [0.717, 1.165) is 12.0 Å². The molecule has 0 saturated carbocycles. The Balaban J connectivity index is 1.76. The number of likely N-dealkylation sites (tertiary alicyclic amines) is 1. The molecule has 5 nitrogen and oxygen atoms in total. The monoisotopic (exact) mass is 334 g/mol. The molecule has 1 saturated heterocycles. The number of hydrogen-bond acceptors (Lipinski definition) is 2. The van der Waals surface area contributed by atoms with E-state index in [-0.39, 0.29) is 30.4 Å². The second kappa shape index (κ2) is 6.07. The second-order valence-electron chi connectivity index (χ2n) is 7.29. The molecule has 1 aromatic rings. The van der Waals surface area contributed by atoms with E-state index in [1.165, 1.54) is 6.07 Å². The van der Waals surface area contributed by atoms with Crippen LogP contribution in [0.5, 0.6) is 0 Å². The summed E-state index contributed by atoms with van der Waals surface area (Å²) in [5.74, 6) is -0.897. The molecule has 2 N–H and O–H groups in total. The van der Waals surface area contributed by atoms with Crippen LogP contribution in [0.4, 0.5) is 9.18 Å². The maximum atomic E-state index is 14.0. The molecule has 1 heterocycles. The number of fused-ring (bicyclic) bond motifs is 1. The van der Waals surface area contributed by atoms with Crippen molar-refractivity contribution in [3.8, 4) is 0 Å². The van der Waals surface area contributed by atoms with Crippen molar-refractivity contribution in [2.24, 2.45) is 11.3 Å². The van der Waals surface area contributed by atoms with Crippen LogP contribution < -0.4 is 5.32 Å². The van der Waals surface area contributed by atoms with E-state index in [1.807, 2.05) is 13.0 Å². The number of halogens is 1. The number of benzene rings is 1. The van der Waals surface area contributed by atoms with Gasteiger partial charge in [0, 0.05) is 13.1 Å². The van der Waals surface area contributed by atoms with Gasteiger partial charge in [0.1, 0.15) is 5.82 Å². The summed E-state index contributed by atoms with van der Waals surface area (Å²) in [6.07, 6.45) is 1.93. The molecule has 0 bridgehead atoms. The fourth-order valence-corrected chi connectivity index (χ4v) is 3.73. The van der Waals surface area contributed by atoms with Gasteiger partial charge in [-0.15, -0.1) is 0 Å². The molecular formula is C18H23FN2O3. The molecule has 130 valence electrons. The molecule has 24 heavy (non-hydrogen) atoms. The van der Waals surface area contributed by atoms with Crippen molar-refractivity contribution in [1.29, 1.82) is 0 Å². The highest BCUT2D eigenvalue weighted by atomic mass is 19.1. The molecule has 2 aliphatic rings. The van der Waals surface area contributed by atoms with Crippen LogP contribution in [0.2, 0.25) is 0 Å².